The standard InChI is InChI=1S/C10H22O4.Al.O/c1-3-5-7-12-10(9-14-11)13-8-6-4-2;;/h10-11H,3-9H2,1-2H3;;/q;+1;/p-1. The Morgan fingerprint density at radius 2 is 1.62 bits per heavy atom. The third-order valence-corrected chi connectivity index (χ3v) is 2.13. The van der Waals surface area contributed by atoms with Crippen molar-refractivity contribution in [3.05, 3.63) is 0 Å². The van der Waals surface area contributed by atoms with E-state index in [2.05, 4.69) is 22.7 Å². The van der Waals surface area contributed by atoms with E-state index in [0.717, 1.165) is 25.7 Å². The molecule has 0 bridgehead atoms. The molecule has 16 heavy (non-hydrogen) atoms. The summed E-state index contributed by atoms with van der Waals surface area (Å²) in [7, 11) is 0. The van der Waals surface area contributed by atoms with Crippen LogP contribution < -0.4 is 0 Å². The molecule has 0 rings (SSSR count). The first kappa shape index (κ1) is 16.0. The molecule has 0 saturated carbocycles. The van der Waals surface area contributed by atoms with Crippen LogP contribution >= 0.6 is 0 Å². The fraction of sp³-hybridized carbons (Fsp3) is 1.00. The first-order valence-electron chi connectivity index (χ1n) is 5.80. The molecule has 0 saturated heterocycles. The molecule has 0 aromatic carbocycles. The molecular formula is C10H21AlO5. The Morgan fingerprint density at radius 3 is 2.06 bits per heavy atom. The average Bonchev–Trinajstić information content (AvgIpc) is 2.29. The molecular weight excluding hydrogens is 227 g/mol. The van der Waals surface area contributed by atoms with Gasteiger partial charge >= 0.3 is 103 Å². The van der Waals surface area contributed by atoms with Crippen molar-refractivity contribution >= 4 is 15.5 Å². The summed E-state index contributed by atoms with van der Waals surface area (Å²) in [5.74, 6) is 0. The Kier molecular flexibility index (Phi) is 13.1. The zero-order valence-corrected chi connectivity index (χ0v) is 11.3. The maximum absolute atomic E-state index is 10.1. The molecule has 6 heteroatoms. The van der Waals surface area contributed by atoms with Gasteiger partial charge in [0.1, 0.15) is 0 Å². The van der Waals surface area contributed by atoms with Crippen LogP contribution in [-0.4, -0.2) is 41.6 Å². The van der Waals surface area contributed by atoms with Crippen molar-refractivity contribution in [3.63, 3.8) is 0 Å². The molecule has 0 aromatic heterocycles. The van der Waals surface area contributed by atoms with E-state index in [4.69, 9.17) is 9.47 Å². The molecule has 94 valence electrons. The molecule has 5 nitrogen and oxygen atoms in total. The molecule has 0 spiro atoms. The Hall–Kier alpha value is 0.0125. The average molecular weight is 248 g/mol. The monoisotopic (exact) mass is 248 g/mol. The molecule has 0 fully saturated rings. The van der Waals surface area contributed by atoms with Gasteiger partial charge in [0.25, 0.3) is 0 Å². The Bertz CT molecular complexity index is 146. The fourth-order valence-electron chi connectivity index (χ4n) is 0.985. The molecule has 0 amide bonds. The van der Waals surface area contributed by atoms with Gasteiger partial charge in [0.15, 0.2) is 0 Å². The van der Waals surface area contributed by atoms with Crippen LogP contribution in [0, 0.1) is 0 Å². The third-order valence-electron chi connectivity index (χ3n) is 1.91. The van der Waals surface area contributed by atoms with Gasteiger partial charge in [-0.05, 0) is 0 Å². The molecule has 0 aromatic rings. The molecule has 0 radical (unpaired) electrons. The predicted molar refractivity (Wildman–Crippen MR) is 59.0 cm³/mol. The summed E-state index contributed by atoms with van der Waals surface area (Å²) in [4.78, 5) is 4.68. The molecule has 0 unspecified atom stereocenters. The van der Waals surface area contributed by atoms with Gasteiger partial charge in [-0.15, -0.1) is 0 Å². The Balaban J connectivity index is 3.62. The van der Waals surface area contributed by atoms with Crippen LogP contribution in [0.2, 0.25) is 0 Å². The van der Waals surface area contributed by atoms with Crippen LogP contribution in [0.5, 0.6) is 0 Å². The molecule has 0 N–H and O–H groups in total. The summed E-state index contributed by atoms with van der Waals surface area (Å²) in [6.45, 7) is 5.62. The van der Waals surface area contributed by atoms with Crippen molar-refractivity contribution in [2.24, 2.45) is 0 Å². The van der Waals surface area contributed by atoms with Crippen molar-refractivity contribution in [2.45, 2.75) is 45.8 Å². The third kappa shape index (κ3) is 10.5. The number of rotatable bonds is 12. The second-order valence-corrected chi connectivity index (χ2v) is 3.74. The number of hydrogen-bond acceptors (Lipinski definition) is 5. The van der Waals surface area contributed by atoms with E-state index < -0.39 is 21.8 Å². The Labute approximate surface area is 104 Å². The van der Waals surface area contributed by atoms with Crippen LogP contribution in [0.1, 0.15) is 39.5 Å². The number of unbranched alkanes of at least 4 members (excludes halogenated alkanes) is 2. The van der Waals surface area contributed by atoms with E-state index in [-0.39, 0.29) is 6.61 Å². The predicted octanol–water partition coefficient (Wildman–Crippen LogP) is 1.86. The quantitative estimate of drug-likeness (QED) is 0.173. The summed E-state index contributed by atoms with van der Waals surface area (Å²) < 4.78 is 25.3. The van der Waals surface area contributed by atoms with Gasteiger partial charge in [-0.3, -0.25) is 0 Å². The van der Waals surface area contributed by atoms with Crippen molar-refractivity contribution < 1.29 is 22.1 Å². The summed E-state index contributed by atoms with van der Waals surface area (Å²) in [5, 5.41) is 0. The first-order chi connectivity index (χ1) is 7.85. The summed E-state index contributed by atoms with van der Waals surface area (Å²) in [6.07, 6.45) is 3.69. The second kappa shape index (κ2) is 13.1. The van der Waals surface area contributed by atoms with Gasteiger partial charge in [-0.1, -0.05) is 0 Å². The molecule has 0 aliphatic carbocycles. The summed E-state index contributed by atoms with van der Waals surface area (Å²) in [5.41, 5.74) is 0. The number of hydrogen-bond donors (Lipinski definition) is 0. The van der Waals surface area contributed by atoms with E-state index in [9.17, 15) is 3.80 Å². The van der Waals surface area contributed by atoms with Gasteiger partial charge in [0.05, 0.1) is 0 Å². The zero-order valence-electron chi connectivity index (χ0n) is 10.1. The number of ether oxygens (including phenoxy) is 2. The molecule has 0 heterocycles. The van der Waals surface area contributed by atoms with Gasteiger partial charge in [-0.25, -0.2) is 0 Å². The van der Waals surface area contributed by atoms with Gasteiger partial charge in [0.2, 0.25) is 0 Å². The van der Waals surface area contributed by atoms with Crippen molar-refractivity contribution in [1.29, 1.82) is 0 Å². The van der Waals surface area contributed by atoms with Gasteiger partial charge in [-0.2, -0.15) is 0 Å². The van der Waals surface area contributed by atoms with Gasteiger partial charge in [0, 0.05) is 0 Å². The van der Waals surface area contributed by atoms with Crippen LogP contribution in [0.3, 0.4) is 0 Å². The summed E-state index contributed by atoms with van der Waals surface area (Å²) in [6, 6.07) is 0. The van der Waals surface area contributed by atoms with Crippen molar-refractivity contribution in [1.82, 2.24) is 0 Å². The van der Waals surface area contributed by atoms with Crippen LogP contribution in [0.15, 0.2) is 0 Å². The van der Waals surface area contributed by atoms with Crippen molar-refractivity contribution in [3.8, 4) is 0 Å². The minimum absolute atomic E-state index is 0.155. The summed E-state index contributed by atoms with van der Waals surface area (Å²) >= 11 is -1.34. The Morgan fingerprint density at radius 1 is 1.06 bits per heavy atom. The zero-order chi connectivity index (χ0) is 12.1. The van der Waals surface area contributed by atoms with E-state index in [1.165, 1.54) is 0 Å². The fourth-order valence-corrected chi connectivity index (χ4v) is 1.12. The minimum atomic E-state index is -1.34. The first-order valence-corrected chi connectivity index (χ1v) is 6.74. The topological polar surface area (TPSA) is 54.0 Å². The van der Waals surface area contributed by atoms with E-state index in [1.54, 1.807) is 0 Å². The second-order valence-electron chi connectivity index (χ2n) is 3.36. The normalized spacial score (nSPS) is 10.4. The van der Waals surface area contributed by atoms with E-state index in [0.29, 0.717) is 13.2 Å². The van der Waals surface area contributed by atoms with Gasteiger partial charge < -0.3 is 0 Å². The SMILES string of the molecule is CCCCOC(CO[O][Al]=[O])OCCCC. The molecule has 0 atom stereocenters. The van der Waals surface area contributed by atoms with Crippen LogP contribution in [0.25, 0.3) is 0 Å². The molecule has 0 aliphatic heterocycles. The van der Waals surface area contributed by atoms with E-state index >= 15 is 0 Å². The van der Waals surface area contributed by atoms with Crippen LogP contribution in [-0.2, 0) is 22.1 Å². The van der Waals surface area contributed by atoms with Crippen LogP contribution in [0.4, 0.5) is 0 Å². The molecule has 0 aliphatic rings. The van der Waals surface area contributed by atoms with E-state index in [1.807, 2.05) is 0 Å². The van der Waals surface area contributed by atoms with Crippen molar-refractivity contribution in [2.75, 3.05) is 19.8 Å². The maximum atomic E-state index is 10.1.